The van der Waals surface area contributed by atoms with Gasteiger partial charge in [-0.05, 0) is 12.8 Å². The van der Waals surface area contributed by atoms with Crippen molar-refractivity contribution < 1.29 is 37.7 Å². The van der Waals surface area contributed by atoms with Crippen LogP contribution in [0.5, 0.6) is 0 Å². The van der Waals surface area contributed by atoms with Crippen LogP contribution in [-0.2, 0) is 14.3 Å². The quantitative estimate of drug-likeness (QED) is 0.734. The molecule has 6 nitrogen and oxygen atoms in total. The average Bonchev–Trinajstić information content (AvgIpc) is 2.70. The molecular weight excluding hydrogens is 283 g/mol. The van der Waals surface area contributed by atoms with Gasteiger partial charge >= 0.3 is 18.1 Å². The summed E-state index contributed by atoms with van der Waals surface area (Å²) in [5.41, 5.74) is -3.58. The molecule has 0 aromatic carbocycles. The number of ether oxygens (including phenoxy) is 1. The molecule has 1 spiro atoms. The molecule has 2 bridgehead atoms. The van der Waals surface area contributed by atoms with Crippen molar-refractivity contribution in [3.05, 3.63) is 0 Å². The van der Waals surface area contributed by atoms with Crippen molar-refractivity contribution in [2.45, 2.75) is 30.2 Å². The Labute approximate surface area is 111 Å². The monoisotopic (exact) mass is 295 g/mol. The molecule has 20 heavy (non-hydrogen) atoms. The fourth-order valence-corrected chi connectivity index (χ4v) is 3.71. The van der Waals surface area contributed by atoms with Gasteiger partial charge < -0.3 is 19.8 Å². The predicted octanol–water partition coefficient (Wildman–Crippen LogP) is -0.244. The second kappa shape index (κ2) is 3.45. The van der Waals surface area contributed by atoms with Crippen molar-refractivity contribution >= 4 is 11.9 Å². The normalized spacial score (nSPS) is 37.5. The zero-order chi connectivity index (χ0) is 15.0. The fraction of sp³-hybridized carbons (Fsp3) is 0.818. The van der Waals surface area contributed by atoms with Crippen LogP contribution in [0.4, 0.5) is 13.2 Å². The van der Waals surface area contributed by atoms with Crippen LogP contribution in [0.1, 0.15) is 12.8 Å². The van der Waals surface area contributed by atoms with E-state index in [9.17, 15) is 33.0 Å². The molecule has 9 heteroatoms. The summed E-state index contributed by atoms with van der Waals surface area (Å²) in [6, 6.07) is 0. The largest absolute Gasteiger partial charge is 0.481 e. The molecule has 0 unspecified atom stereocenters. The molecule has 2 N–H and O–H groups in total. The minimum Gasteiger partial charge on any atom is -0.481 e. The highest BCUT2D eigenvalue weighted by molar-refractivity contribution is 5.85. The molecule has 0 aromatic heterocycles. The average molecular weight is 295 g/mol. The molecule has 3 heterocycles. The third-order valence-electron chi connectivity index (χ3n) is 4.65. The van der Waals surface area contributed by atoms with Gasteiger partial charge in [-0.25, -0.2) is 0 Å². The van der Waals surface area contributed by atoms with Gasteiger partial charge in [0.15, 0.2) is 0 Å². The summed E-state index contributed by atoms with van der Waals surface area (Å²) in [5, 5.41) is 18.6. The smallest absolute Gasteiger partial charge is 0.471 e. The molecular formula is C11H12F3NO5. The van der Waals surface area contributed by atoms with Crippen LogP contribution in [0, 0.1) is 5.41 Å². The summed E-state index contributed by atoms with van der Waals surface area (Å²) in [6.45, 7) is -1.18. The van der Waals surface area contributed by atoms with Gasteiger partial charge in [-0.1, -0.05) is 0 Å². The first-order chi connectivity index (χ1) is 9.10. The Morgan fingerprint density at radius 1 is 1.25 bits per heavy atom. The maximum Gasteiger partial charge on any atom is 0.471 e. The van der Waals surface area contributed by atoms with Crippen LogP contribution >= 0.6 is 0 Å². The number of alkyl halides is 3. The number of likely N-dealkylation sites (tertiary alicyclic amines) is 1. The van der Waals surface area contributed by atoms with Gasteiger partial charge in [0.05, 0.1) is 25.3 Å². The number of aliphatic carboxylic acids is 1. The second-order valence-corrected chi connectivity index (χ2v) is 5.84. The number of carboxylic acid groups (broad SMARTS) is 1. The Morgan fingerprint density at radius 2 is 1.80 bits per heavy atom. The number of rotatable bonds is 2. The van der Waals surface area contributed by atoms with Crippen LogP contribution in [0.25, 0.3) is 0 Å². The van der Waals surface area contributed by atoms with E-state index in [4.69, 9.17) is 4.74 Å². The Balaban J connectivity index is 1.80. The van der Waals surface area contributed by atoms with E-state index in [1.54, 1.807) is 0 Å². The number of nitrogens with zero attached hydrogens (tertiary/aromatic N) is 1. The number of aliphatic hydroxyl groups is 1. The van der Waals surface area contributed by atoms with E-state index in [2.05, 4.69) is 0 Å². The number of carbonyl (C=O) groups excluding carboxylic acids is 1. The number of amides is 1. The molecule has 4 aliphatic rings. The number of aliphatic hydroxyl groups excluding tert-OH is 1. The Hall–Kier alpha value is -1.35. The van der Waals surface area contributed by atoms with E-state index >= 15 is 0 Å². The number of carboxylic acids is 1. The molecule has 1 aliphatic carbocycles. The van der Waals surface area contributed by atoms with Crippen molar-refractivity contribution in [1.82, 2.24) is 4.90 Å². The molecule has 0 aromatic rings. The standard InChI is InChI=1S/C11H12F3NO5/c12-11(13,14)6(17)15-3-10(4-15)9(7(18)19)1-8(2-9,5-16)20-10/h16H,1-5H2,(H,18,19). The second-order valence-electron chi connectivity index (χ2n) is 5.84. The SMILES string of the molecule is O=C(N1CC2(C1)OC1(CO)CC2(C(=O)O)C1)C(F)(F)F. The van der Waals surface area contributed by atoms with Gasteiger partial charge in [0, 0.05) is 0 Å². The van der Waals surface area contributed by atoms with Crippen LogP contribution in [0.15, 0.2) is 0 Å². The topological polar surface area (TPSA) is 87.1 Å². The van der Waals surface area contributed by atoms with Crippen molar-refractivity contribution in [2.24, 2.45) is 5.41 Å². The summed E-state index contributed by atoms with van der Waals surface area (Å²) < 4.78 is 42.5. The molecule has 3 saturated heterocycles. The first-order valence-electron chi connectivity index (χ1n) is 6.00. The van der Waals surface area contributed by atoms with Crippen molar-refractivity contribution in [3.63, 3.8) is 0 Å². The summed E-state index contributed by atoms with van der Waals surface area (Å²) in [7, 11) is 0. The lowest BCUT2D eigenvalue weighted by Gasteiger charge is -2.52. The maximum atomic E-state index is 12.3. The fourth-order valence-electron chi connectivity index (χ4n) is 3.71. The van der Waals surface area contributed by atoms with Crippen LogP contribution in [0.2, 0.25) is 0 Å². The van der Waals surface area contributed by atoms with E-state index in [0.717, 1.165) is 0 Å². The number of hydrogen-bond donors (Lipinski definition) is 2. The number of halogens is 3. The molecule has 0 atom stereocenters. The molecule has 3 aliphatic heterocycles. The van der Waals surface area contributed by atoms with E-state index in [1.807, 2.05) is 0 Å². The van der Waals surface area contributed by atoms with Crippen molar-refractivity contribution in [1.29, 1.82) is 0 Å². The first-order valence-corrected chi connectivity index (χ1v) is 6.00. The van der Waals surface area contributed by atoms with Gasteiger partial charge in [-0.15, -0.1) is 0 Å². The lowest BCUT2D eigenvalue weighted by molar-refractivity contribution is -0.214. The summed E-state index contributed by atoms with van der Waals surface area (Å²) in [6.07, 6.45) is -4.84. The summed E-state index contributed by atoms with van der Waals surface area (Å²) >= 11 is 0. The van der Waals surface area contributed by atoms with Gasteiger partial charge in [0.1, 0.15) is 11.0 Å². The lowest BCUT2D eigenvalue weighted by Crippen LogP contribution is -2.72. The molecule has 1 saturated carbocycles. The minimum absolute atomic E-state index is 0.0693. The molecule has 1 amide bonds. The highest BCUT2D eigenvalue weighted by Crippen LogP contribution is 2.69. The van der Waals surface area contributed by atoms with E-state index in [1.165, 1.54) is 0 Å². The molecule has 4 rings (SSSR count). The Bertz CT molecular complexity index is 491. The highest BCUT2D eigenvalue weighted by Gasteiger charge is 2.81. The van der Waals surface area contributed by atoms with Crippen LogP contribution in [0.3, 0.4) is 0 Å². The van der Waals surface area contributed by atoms with Gasteiger partial charge in [0.25, 0.3) is 0 Å². The van der Waals surface area contributed by atoms with Crippen molar-refractivity contribution in [2.75, 3.05) is 19.7 Å². The van der Waals surface area contributed by atoms with E-state index in [-0.39, 0.29) is 19.4 Å². The Morgan fingerprint density at radius 3 is 2.20 bits per heavy atom. The number of hydrogen-bond acceptors (Lipinski definition) is 4. The van der Waals surface area contributed by atoms with Gasteiger partial charge in [0.2, 0.25) is 0 Å². The summed E-state index contributed by atoms with van der Waals surface area (Å²) in [4.78, 5) is 23.0. The van der Waals surface area contributed by atoms with Crippen LogP contribution < -0.4 is 0 Å². The third kappa shape index (κ3) is 1.37. The molecule has 0 radical (unpaired) electrons. The predicted molar refractivity (Wildman–Crippen MR) is 55.6 cm³/mol. The Kier molecular flexibility index (Phi) is 2.35. The van der Waals surface area contributed by atoms with Crippen molar-refractivity contribution in [3.8, 4) is 0 Å². The minimum atomic E-state index is -4.98. The first kappa shape index (κ1) is 13.6. The number of carbonyl (C=O) groups is 2. The zero-order valence-corrected chi connectivity index (χ0v) is 10.2. The summed E-state index contributed by atoms with van der Waals surface area (Å²) in [5.74, 6) is -3.15. The molecule has 4 fully saturated rings. The van der Waals surface area contributed by atoms with Crippen LogP contribution in [-0.4, -0.2) is 64.1 Å². The lowest BCUT2D eigenvalue weighted by atomic mass is 9.54. The highest BCUT2D eigenvalue weighted by atomic mass is 19.4. The maximum absolute atomic E-state index is 12.3. The molecule has 112 valence electrons. The van der Waals surface area contributed by atoms with Gasteiger partial charge in [-0.2, -0.15) is 13.2 Å². The van der Waals surface area contributed by atoms with E-state index in [0.29, 0.717) is 4.90 Å². The van der Waals surface area contributed by atoms with E-state index < -0.39 is 47.8 Å². The van der Waals surface area contributed by atoms with Gasteiger partial charge in [-0.3, -0.25) is 9.59 Å². The third-order valence-corrected chi connectivity index (χ3v) is 4.65. The zero-order valence-electron chi connectivity index (χ0n) is 10.2.